The average molecular weight is 377 g/mol. The molecule has 2 aromatic heterocycles. The van der Waals surface area contributed by atoms with Crippen molar-refractivity contribution in [3.63, 3.8) is 0 Å². The van der Waals surface area contributed by atoms with Crippen LogP contribution in [0, 0.1) is 0 Å². The highest BCUT2D eigenvalue weighted by atomic mass is 16.5. The fourth-order valence-electron chi connectivity index (χ4n) is 3.47. The molecule has 0 bridgehead atoms. The van der Waals surface area contributed by atoms with Crippen LogP contribution >= 0.6 is 0 Å². The quantitative estimate of drug-likeness (QED) is 0.681. The molecule has 0 aliphatic carbocycles. The first kappa shape index (κ1) is 18.2. The Morgan fingerprint density at radius 3 is 2.64 bits per heavy atom. The van der Waals surface area contributed by atoms with Crippen LogP contribution in [-0.2, 0) is 6.42 Å². The molecule has 0 N–H and O–H groups in total. The summed E-state index contributed by atoms with van der Waals surface area (Å²) in [4.78, 5) is 25.1. The molecule has 1 aliphatic heterocycles. The molecular weight excluding hydrogens is 354 g/mol. The Labute approximate surface area is 164 Å². The molecule has 1 unspecified atom stereocenters. The molecule has 1 aromatic carbocycles. The van der Waals surface area contributed by atoms with Crippen LogP contribution < -0.4 is 4.90 Å². The SMILES string of the molecule is CC(Cc1cc(C(=O)N2CCN(c3cnccn3)CC2)on1)c1ccccc1. The van der Waals surface area contributed by atoms with E-state index >= 15 is 0 Å². The molecular formula is C21H23N5O2. The lowest BCUT2D eigenvalue weighted by atomic mass is 9.96. The van der Waals surface area contributed by atoms with Crippen molar-refractivity contribution in [2.24, 2.45) is 0 Å². The second-order valence-electron chi connectivity index (χ2n) is 7.04. The van der Waals surface area contributed by atoms with Gasteiger partial charge in [-0.05, 0) is 17.9 Å². The van der Waals surface area contributed by atoms with Gasteiger partial charge in [0, 0.05) is 44.6 Å². The van der Waals surface area contributed by atoms with E-state index in [0.29, 0.717) is 24.8 Å². The zero-order valence-electron chi connectivity index (χ0n) is 15.9. The summed E-state index contributed by atoms with van der Waals surface area (Å²) in [6.45, 7) is 4.82. The lowest BCUT2D eigenvalue weighted by Crippen LogP contribution is -2.49. The van der Waals surface area contributed by atoms with E-state index in [-0.39, 0.29) is 5.91 Å². The minimum absolute atomic E-state index is 0.107. The highest BCUT2D eigenvalue weighted by molar-refractivity contribution is 5.91. The first-order chi connectivity index (χ1) is 13.7. The number of carbonyl (C=O) groups is 1. The fourth-order valence-corrected chi connectivity index (χ4v) is 3.47. The van der Waals surface area contributed by atoms with Gasteiger partial charge in [0.15, 0.2) is 0 Å². The third kappa shape index (κ3) is 4.03. The van der Waals surface area contributed by atoms with Gasteiger partial charge in [-0.3, -0.25) is 9.78 Å². The molecule has 7 heteroatoms. The minimum atomic E-state index is -0.107. The molecule has 1 aliphatic rings. The van der Waals surface area contributed by atoms with Gasteiger partial charge < -0.3 is 14.3 Å². The standard InChI is InChI=1S/C21H23N5O2/c1-16(17-5-3-2-4-6-17)13-18-14-19(28-24-18)21(27)26-11-9-25(10-12-26)20-15-22-7-8-23-20/h2-8,14-16H,9-13H2,1H3. The van der Waals surface area contributed by atoms with Crippen LogP contribution in [0.15, 0.2) is 59.5 Å². The van der Waals surface area contributed by atoms with E-state index in [1.807, 2.05) is 18.2 Å². The van der Waals surface area contributed by atoms with Crippen LogP contribution in [-0.4, -0.2) is 52.1 Å². The lowest BCUT2D eigenvalue weighted by molar-refractivity contribution is 0.0704. The monoisotopic (exact) mass is 377 g/mol. The molecule has 3 aromatic rings. The molecule has 1 amide bonds. The van der Waals surface area contributed by atoms with E-state index in [2.05, 4.69) is 39.1 Å². The normalized spacial score (nSPS) is 15.5. The van der Waals surface area contributed by atoms with Gasteiger partial charge in [-0.15, -0.1) is 0 Å². The molecule has 1 atom stereocenters. The van der Waals surface area contributed by atoms with E-state index in [9.17, 15) is 4.79 Å². The molecule has 4 rings (SSSR count). The van der Waals surface area contributed by atoms with Crippen molar-refractivity contribution in [2.75, 3.05) is 31.1 Å². The maximum absolute atomic E-state index is 12.8. The van der Waals surface area contributed by atoms with Crippen molar-refractivity contribution in [3.8, 4) is 0 Å². The number of hydrogen-bond acceptors (Lipinski definition) is 6. The van der Waals surface area contributed by atoms with Crippen molar-refractivity contribution in [1.82, 2.24) is 20.0 Å². The molecule has 7 nitrogen and oxygen atoms in total. The number of hydrogen-bond donors (Lipinski definition) is 0. The zero-order chi connectivity index (χ0) is 19.3. The van der Waals surface area contributed by atoms with Crippen molar-refractivity contribution < 1.29 is 9.32 Å². The van der Waals surface area contributed by atoms with E-state index in [0.717, 1.165) is 31.0 Å². The highest BCUT2D eigenvalue weighted by Gasteiger charge is 2.26. The van der Waals surface area contributed by atoms with Crippen LogP contribution in [0.3, 0.4) is 0 Å². The molecule has 28 heavy (non-hydrogen) atoms. The second kappa shape index (κ2) is 8.21. The van der Waals surface area contributed by atoms with Crippen LogP contribution in [0.2, 0.25) is 0 Å². The third-order valence-corrected chi connectivity index (χ3v) is 5.09. The van der Waals surface area contributed by atoms with Gasteiger partial charge in [0.05, 0.1) is 11.9 Å². The number of nitrogens with zero attached hydrogens (tertiary/aromatic N) is 5. The Morgan fingerprint density at radius 1 is 1.14 bits per heavy atom. The number of aromatic nitrogens is 3. The molecule has 1 fully saturated rings. The average Bonchev–Trinajstić information content (AvgIpc) is 3.23. The first-order valence-electron chi connectivity index (χ1n) is 9.51. The summed E-state index contributed by atoms with van der Waals surface area (Å²) in [7, 11) is 0. The van der Waals surface area contributed by atoms with Gasteiger partial charge in [0.2, 0.25) is 5.76 Å². The zero-order valence-corrected chi connectivity index (χ0v) is 15.9. The van der Waals surface area contributed by atoms with Crippen molar-refractivity contribution in [3.05, 3.63) is 72.0 Å². The maximum Gasteiger partial charge on any atom is 0.292 e. The fraction of sp³-hybridized carbons (Fsp3) is 0.333. The predicted octanol–water partition coefficient (Wildman–Crippen LogP) is 2.77. The summed E-state index contributed by atoms with van der Waals surface area (Å²) in [5, 5.41) is 4.11. The van der Waals surface area contributed by atoms with Gasteiger partial charge >= 0.3 is 0 Å². The van der Waals surface area contributed by atoms with Gasteiger partial charge in [0.1, 0.15) is 5.82 Å². The largest absolute Gasteiger partial charge is 0.352 e. The van der Waals surface area contributed by atoms with Crippen LogP contribution in [0.25, 0.3) is 0 Å². The number of anilines is 1. The Morgan fingerprint density at radius 2 is 1.93 bits per heavy atom. The number of carbonyl (C=O) groups excluding carboxylic acids is 1. The molecule has 1 saturated heterocycles. The lowest BCUT2D eigenvalue weighted by Gasteiger charge is -2.34. The Balaban J connectivity index is 1.35. The van der Waals surface area contributed by atoms with E-state index in [4.69, 9.17) is 4.52 Å². The summed E-state index contributed by atoms with van der Waals surface area (Å²) < 4.78 is 5.35. The highest BCUT2D eigenvalue weighted by Crippen LogP contribution is 2.21. The van der Waals surface area contributed by atoms with Crippen molar-refractivity contribution in [2.45, 2.75) is 19.3 Å². The van der Waals surface area contributed by atoms with E-state index < -0.39 is 0 Å². The van der Waals surface area contributed by atoms with Gasteiger partial charge in [-0.1, -0.05) is 42.4 Å². The molecule has 144 valence electrons. The van der Waals surface area contributed by atoms with Crippen molar-refractivity contribution in [1.29, 1.82) is 0 Å². The van der Waals surface area contributed by atoms with Crippen LogP contribution in [0.1, 0.15) is 34.7 Å². The van der Waals surface area contributed by atoms with Gasteiger partial charge in [0.25, 0.3) is 5.91 Å². The molecule has 0 spiro atoms. The minimum Gasteiger partial charge on any atom is -0.352 e. The van der Waals surface area contributed by atoms with Gasteiger partial charge in [-0.25, -0.2) is 4.98 Å². The second-order valence-corrected chi connectivity index (χ2v) is 7.04. The summed E-state index contributed by atoms with van der Waals surface area (Å²) in [5.74, 6) is 1.35. The molecule has 3 heterocycles. The van der Waals surface area contributed by atoms with Gasteiger partial charge in [-0.2, -0.15) is 0 Å². The van der Waals surface area contributed by atoms with Crippen LogP contribution in [0.4, 0.5) is 5.82 Å². The number of amides is 1. The Hall–Kier alpha value is -3.22. The third-order valence-electron chi connectivity index (χ3n) is 5.09. The summed E-state index contributed by atoms with van der Waals surface area (Å²) >= 11 is 0. The summed E-state index contributed by atoms with van der Waals surface area (Å²) in [6, 6.07) is 12.1. The smallest absolute Gasteiger partial charge is 0.292 e. The number of rotatable bonds is 5. The Bertz CT molecular complexity index is 905. The summed E-state index contributed by atoms with van der Waals surface area (Å²) in [6.07, 6.45) is 5.82. The molecule has 0 saturated carbocycles. The molecule has 0 radical (unpaired) electrons. The number of piperazine rings is 1. The first-order valence-corrected chi connectivity index (χ1v) is 9.51. The number of benzene rings is 1. The summed E-state index contributed by atoms with van der Waals surface area (Å²) in [5.41, 5.74) is 2.05. The van der Waals surface area contributed by atoms with Crippen LogP contribution in [0.5, 0.6) is 0 Å². The predicted molar refractivity (Wildman–Crippen MR) is 105 cm³/mol. The van der Waals surface area contributed by atoms with E-state index in [1.165, 1.54) is 5.56 Å². The Kier molecular flexibility index (Phi) is 5.32. The van der Waals surface area contributed by atoms with Crippen molar-refractivity contribution >= 4 is 11.7 Å². The topological polar surface area (TPSA) is 75.4 Å². The maximum atomic E-state index is 12.8. The van der Waals surface area contributed by atoms with E-state index in [1.54, 1.807) is 29.6 Å².